The number of methoxy groups -OCH3 is 1. The number of hydrogen-bond donors (Lipinski definition) is 0. The summed E-state index contributed by atoms with van der Waals surface area (Å²) in [5.41, 5.74) is 1.11. The molecule has 0 aliphatic rings. The Morgan fingerprint density at radius 1 is 1.32 bits per heavy atom. The molecule has 7 heteroatoms. The first kappa shape index (κ1) is 15.8. The highest BCUT2D eigenvalue weighted by Gasteiger charge is 2.13. The number of non-ortho nitro benzene ring substituents is 1. The van der Waals surface area contributed by atoms with E-state index in [-0.39, 0.29) is 12.3 Å². The van der Waals surface area contributed by atoms with Gasteiger partial charge in [-0.25, -0.2) is 0 Å². The second kappa shape index (κ2) is 6.91. The summed E-state index contributed by atoms with van der Waals surface area (Å²) in [6.07, 6.45) is 0. The molecule has 0 saturated carbocycles. The van der Waals surface area contributed by atoms with E-state index in [1.165, 1.54) is 19.2 Å². The molecule has 0 bridgehead atoms. The van der Waals surface area contributed by atoms with Crippen molar-refractivity contribution in [3.63, 3.8) is 0 Å². The topological polar surface area (TPSA) is 85.4 Å². The van der Waals surface area contributed by atoms with Crippen LogP contribution in [0.4, 0.5) is 5.69 Å². The van der Waals surface area contributed by atoms with Gasteiger partial charge in [-0.1, -0.05) is 15.9 Å². The van der Waals surface area contributed by atoms with Crippen LogP contribution in [0.2, 0.25) is 0 Å². The van der Waals surface area contributed by atoms with E-state index in [0.717, 1.165) is 5.56 Å². The van der Waals surface area contributed by atoms with E-state index in [1.54, 1.807) is 24.3 Å². The van der Waals surface area contributed by atoms with Gasteiger partial charge in [-0.15, -0.1) is 0 Å². The summed E-state index contributed by atoms with van der Waals surface area (Å²) in [7, 11) is 1.49. The molecule has 0 aliphatic heterocycles. The van der Waals surface area contributed by atoms with Crippen LogP contribution in [0.1, 0.15) is 11.1 Å². The molecule has 0 N–H and O–H groups in total. The third-order valence-electron chi connectivity index (χ3n) is 2.89. The number of nitro groups is 1. The fourth-order valence-corrected chi connectivity index (χ4v) is 2.26. The molecule has 6 nitrogen and oxygen atoms in total. The molecule has 0 aliphatic carbocycles. The molecule has 0 unspecified atom stereocenters. The summed E-state index contributed by atoms with van der Waals surface area (Å²) in [5, 5.41) is 19.8. The van der Waals surface area contributed by atoms with Crippen molar-refractivity contribution in [1.82, 2.24) is 0 Å². The molecule has 112 valence electrons. The fourth-order valence-electron chi connectivity index (χ4n) is 1.82. The standard InChI is InChI=1S/C15H11BrN2O4/c1-21-14-7-12(16)6-11(8-17)15(14)22-9-10-2-4-13(5-3-10)18(19)20/h2-7H,9H2,1H3. The quantitative estimate of drug-likeness (QED) is 0.596. The number of nitriles is 1. The molecule has 2 rings (SSSR count). The third kappa shape index (κ3) is 3.54. The number of hydrogen-bond acceptors (Lipinski definition) is 5. The van der Waals surface area contributed by atoms with Gasteiger partial charge in [0, 0.05) is 16.6 Å². The summed E-state index contributed by atoms with van der Waals surface area (Å²) in [6.45, 7) is 0.171. The molecule has 0 atom stereocenters. The van der Waals surface area contributed by atoms with Crippen molar-refractivity contribution in [2.24, 2.45) is 0 Å². The lowest BCUT2D eigenvalue weighted by Gasteiger charge is -2.12. The van der Waals surface area contributed by atoms with Crippen molar-refractivity contribution in [1.29, 1.82) is 5.26 Å². The minimum absolute atomic E-state index is 0.0164. The highest BCUT2D eigenvalue weighted by atomic mass is 79.9. The van der Waals surface area contributed by atoms with Gasteiger partial charge < -0.3 is 9.47 Å². The molecule has 0 aromatic heterocycles. The van der Waals surface area contributed by atoms with E-state index in [9.17, 15) is 15.4 Å². The zero-order chi connectivity index (χ0) is 16.1. The van der Waals surface area contributed by atoms with Crippen LogP contribution in [0.3, 0.4) is 0 Å². The van der Waals surface area contributed by atoms with Gasteiger partial charge in [0.25, 0.3) is 5.69 Å². The van der Waals surface area contributed by atoms with Crippen LogP contribution >= 0.6 is 15.9 Å². The van der Waals surface area contributed by atoms with E-state index in [2.05, 4.69) is 15.9 Å². The van der Waals surface area contributed by atoms with Gasteiger partial charge in [-0.2, -0.15) is 5.26 Å². The number of halogens is 1. The summed E-state index contributed by atoms with van der Waals surface area (Å²) in [4.78, 5) is 10.1. The van der Waals surface area contributed by atoms with Crippen molar-refractivity contribution in [3.8, 4) is 17.6 Å². The lowest BCUT2D eigenvalue weighted by molar-refractivity contribution is -0.384. The van der Waals surface area contributed by atoms with E-state index in [4.69, 9.17) is 9.47 Å². The highest BCUT2D eigenvalue weighted by molar-refractivity contribution is 9.10. The molecular weight excluding hydrogens is 352 g/mol. The van der Waals surface area contributed by atoms with Crippen LogP contribution in [0.15, 0.2) is 40.9 Å². The predicted octanol–water partition coefficient (Wildman–Crippen LogP) is 3.82. The Hall–Kier alpha value is -2.59. The molecular formula is C15H11BrN2O4. The summed E-state index contributed by atoms with van der Waals surface area (Å²) >= 11 is 3.30. The van der Waals surface area contributed by atoms with Crippen LogP contribution in [0.25, 0.3) is 0 Å². The van der Waals surface area contributed by atoms with E-state index >= 15 is 0 Å². The Kier molecular flexibility index (Phi) is 4.96. The summed E-state index contributed by atoms with van der Waals surface area (Å²) in [5.74, 6) is 0.777. The molecule has 0 saturated heterocycles. The van der Waals surface area contributed by atoms with Crippen molar-refractivity contribution in [2.45, 2.75) is 6.61 Å². The van der Waals surface area contributed by atoms with Gasteiger partial charge in [0.15, 0.2) is 11.5 Å². The molecule has 0 radical (unpaired) electrons. The van der Waals surface area contributed by atoms with Gasteiger partial charge in [0.1, 0.15) is 12.7 Å². The van der Waals surface area contributed by atoms with Gasteiger partial charge in [-0.3, -0.25) is 10.1 Å². The maximum Gasteiger partial charge on any atom is 0.269 e. The number of nitro benzene ring substituents is 1. The number of ether oxygens (including phenoxy) is 2. The van der Waals surface area contributed by atoms with Crippen LogP contribution < -0.4 is 9.47 Å². The number of rotatable bonds is 5. The van der Waals surface area contributed by atoms with Crippen molar-refractivity contribution in [2.75, 3.05) is 7.11 Å². The van der Waals surface area contributed by atoms with Crippen LogP contribution in [0, 0.1) is 21.4 Å². The van der Waals surface area contributed by atoms with Gasteiger partial charge >= 0.3 is 0 Å². The zero-order valence-electron chi connectivity index (χ0n) is 11.6. The monoisotopic (exact) mass is 362 g/mol. The second-order valence-corrected chi connectivity index (χ2v) is 5.22. The Bertz CT molecular complexity index is 738. The summed E-state index contributed by atoms with van der Waals surface area (Å²) < 4.78 is 11.6. The number of benzene rings is 2. The van der Waals surface area contributed by atoms with E-state index < -0.39 is 4.92 Å². The van der Waals surface area contributed by atoms with Gasteiger partial charge in [0.05, 0.1) is 17.6 Å². The lowest BCUT2D eigenvalue weighted by atomic mass is 10.2. The average molecular weight is 363 g/mol. The van der Waals surface area contributed by atoms with Crippen molar-refractivity contribution in [3.05, 3.63) is 62.1 Å². The van der Waals surface area contributed by atoms with E-state index in [1.807, 2.05) is 6.07 Å². The number of nitrogens with zero attached hydrogens (tertiary/aromatic N) is 2. The van der Waals surface area contributed by atoms with Crippen LogP contribution in [-0.4, -0.2) is 12.0 Å². The largest absolute Gasteiger partial charge is 0.493 e. The molecule has 2 aromatic carbocycles. The lowest BCUT2D eigenvalue weighted by Crippen LogP contribution is -2.00. The van der Waals surface area contributed by atoms with Gasteiger partial charge in [-0.05, 0) is 29.8 Å². The third-order valence-corrected chi connectivity index (χ3v) is 3.35. The molecule has 0 heterocycles. The van der Waals surface area contributed by atoms with Gasteiger partial charge in [0.2, 0.25) is 0 Å². The van der Waals surface area contributed by atoms with Crippen LogP contribution in [0.5, 0.6) is 11.5 Å². The Labute approximate surface area is 135 Å². The highest BCUT2D eigenvalue weighted by Crippen LogP contribution is 2.35. The first-order valence-electron chi connectivity index (χ1n) is 6.19. The maximum atomic E-state index is 10.6. The maximum absolute atomic E-state index is 10.6. The average Bonchev–Trinajstić information content (AvgIpc) is 2.53. The Morgan fingerprint density at radius 2 is 2.00 bits per heavy atom. The molecule has 0 spiro atoms. The molecule has 0 amide bonds. The van der Waals surface area contributed by atoms with E-state index in [0.29, 0.717) is 21.5 Å². The first-order valence-corrected chi connectivity index (χ1v) is 6.98. The SMILES string of the molecule is COc1cc(Br)cc(C#N)c1OCc1ccc([N+](=O)[O-])cc1. The summed E-state index contributed by atoms with van der Waals surface area (Å²) in [6, 6.07) is 11.4. The minimum Gasteiger partial charge on any atom is -0.493 e. The Balaban J connectivity index is 2.21. The fraction of sp³-hybridized carbons (Fsp3) is 0.133. The second-order valence-electron chi connectivity index (χ2n) is 4.31. The van der Waals surface area contributed by atoms with Crippen molar-refractivity contribution >= 4 is 21.6 Å². The first-order chi connectivity index (χ1) is 10.5. The molecule has 2 aromatic rings. The molecule has 0 fully saturated rings. The predicted molar refractivity (Wildman–Crippen MR) is 82.8 cm³/mol. The molecule has 22 heavy (non-hydrogen) atoms. The minimum atomic E-state index is -0.462. The smallest absolute Gasteiger partial charge is 0.269 e. The van der Waals surface area contributed by atoms with Crippen molar-refractivity contribution < 1.29 is 14.4 Å². The normalized spacial score (nSPS) is 9.86. The van der Waals surface area contributed by atoms with Crippen LogP contribution in [-0.2, 0) is 6.61 Å². The zero-order valence-corrected chi connectivity index (χ0v) is 13.2. The Morgan fingerprint density at radius 3 is 2.55 bits per heavy atom.